The molecule has 2 aliphatic carbocycles. The van der Waals surface area contributed by atoms with E-state index in [0.717, 1.165) is 18.3 Å². The van der Waals surface area contributed by atoms with Crippen molar-refractivity contribution in [1.29, 1.82) is 0 Å². The van der Waals surface area contributed by atoms with Crippen LogP contribution in [-0.4, -0.2) is 6.88 Å². The molecule has 0 aliphatic heterocycles. The Morgan fingerprint density at radius 2 is 0.879 bits per heavy atom. The van der Waals surface area contributed by atoms with E-state index in [1.165, 1.54) is 154 Å². The molecule has 0 N–H and O–H groups in total. The second kappa shape index (κ2) is 24.3. The van der Waals surface area contributed by atoms with Gasteiger partial charge in [0.2, 0.25) is 0 Å². The van der Waals surface area contributed by atoms with Crippen molar-refractivity contribution in [2.24, 2.45) is 11.8 Å². The fourth-order valence-corrected chi connectivity index (χ4v) is 8.73. The van der Waals surface area contributed by atoms with Crippen molar-refractivity contribution in [1.82, 2.24) is 0 Å². The molecule has 312 valence electrons. The topological polar surface area (TPSA) is 0 Å². The maximum absolute atomic E-state index is 3.49. The van der Waals surface area contributed by atoms with Crippen LogP contribution in [0, 0.1) is 26.2 Å². The van der Waals surface area contributed by atoms with Gasteiger partial charge in [0, 0.05) is 0 Å². The summed E-state index contributed by atoms with van der Waals surface area (Å²) in [5, 5.41) is 5.62. The average molecular weight is 909 g/mol. The molecule has 6 aromatic carbocycles. The molecule has 0 bridgehead atoms. The predicted molar refractivity (Wildman–Crippen MR) is 261 cm³/mol. The second-order valence-corrected chi connectivity index (χ2v) is 18.2. The molecular weight excluding hydrogens is 839 g/mol. The quantitative estimate of drug-likeness (QED) is 0.115. The summed E-state index contributed by atoms with van der Waals surface area (Å²) >= 11 is 1.36. The van der Waals surface area contributed by atoms with Gasteiger partial charge >= 0.3 is 30.2 Å². The predicted octanol–water partition coefficient (Wildman–Crippen LogP) is 16.7. The third kappa shape index (κ3) is 13.9. The van der Waals surface area contributed by atoms with Crippen LogP contribution in [0.25, 0.3) is 43.8 Å². The number of rotatable bonds is 6. The molecule has 0 unspecified atom stereocenters. The van der Waals surface area contributed by atoms with Gasteiger partial charge in [0.15, 0.2) is 0 Å². The Morgan fingerprint density at radius 1 is 0.569 bits per heavy atom. The first kappa shape index (κ1) is 51.9. The third-order valence-corrected chi connectivity index (χ3v) is 11.7. The molecule has 0 spiro atoms. The molecule has 6 aromatic rings. The number of fused-ring (bicyclic) bond motifs is 2. The molecule has 58 heavy (non-hydrogen) atoms. The van der Waals surface area contributed by atoms with E-state index in [9.17, 15) is 0 Å². The van der Waals surface area contributed by atoms with Gasteiger partial charge in [-0.3, -0.25) is 0 Å². The van der Waals surface area contributed by atoms with E-state index >= 15 is 0 Å². The van der Waals surface area contributed by atoms with Crippen molar-refractivity contribution in [3.05, 3.63) is 146 Å². The molecule has 0 saturated heterocycles. The Hall–Kier alpha value is -2.22. The Balaban J connectivity index is 0.000000344. The minimum absolute atomic E-state index is 0. The van der Waals surface area contributed by atoms with Gasteiger partial charge in [0.25, 0.3) is 0 Å². The van der Waals surface area contributed by atoms with E-state index in [-0.39, 0.29) is 43.1 Å². The van der Waals surface area contributed by atoms with Crippen LogP contribution >= 0.6 is 24.8 Å². The van der Waals surface area contributed by atoms with Crippen LogP contribution in [0.4, 0.5) is 0 Å². The van der Waals surface area contributed by atoms with E-state index in [0.29, 0.717) is 0 Å². The Morgan fingerprint density at radius 3 is 1.17 bits per heavy atom. The van der Waals surface area contributed by atoms with E-state index < -0.39 is 0 Å². The maximum atomic E-state index is 3.49. The van der Waals surface area contributed by atoms with Crippen molar-refractivity contribution < 1.29 is 23.3 Å². The fraction of sp³-hybridized carbons (Fsp3) is 0.407. The number of benzene rings is 4. The summed E-state index contributed by atoms with van der Waals surface area (Å²) in [6.07, 6.45) is 14.9. The van der Waals surface area contributed by atoms with Crippen molar-refractivity contribution >= 4 is 53.2 Å². The minimum atomic E-state index is 0. The van der Waals surface area contributed by atoms with Crippen LogP contribution in [0.1, 0.15) is 129 Å². The molecule has 2 saturated carbocycles. The van der Waals surface area contributed by atoms with Gasteiger partial charge in [-0.15, -0.1) is 93.9 Å². The van der Waals surface area contributed by atoms with Gasteiger partial charge in [0.1, 0.15) is 0 Å². The molecule has 0 aromatic heterocycles. The summed E-state index contributed by atoms with van der Waals surface area (Å²) in [7, 11) is 0. The first-order valence-electron chi connectivity index (χ1n) is 21.1. The van der Waals surface area contributed by atoms with Crippen molar-refractivity contribution in [2.45, 2.75) is 130 Å². The molecule has 2 radical (unpaired) electrons. The molecule has 4 heteroatoms. The van der Waals surface area contributed by atoms with Crippen molar-refractivity contribution in [3.63, 3.8) is 0 Å². The summed E-state index contributed by atoms with van der Waals surface area (Å²) in [5.41, 5.74) is 11.7. The van der Waals surface area contributed by atoms with Crippen molar-refractivity contribution in [2.75, 3.05) is 0 Å². The van der Waals surface area contributed by atoms with E-state index in [4.69, 9.17) is 0 Å². The monoisotopic (exact) mass is 906 g/mol. The van der Waals surface area contributed by atoms with Crippen LogP contribution in [0.5, 0.6) is 0 Å². The molecular formula is C54H70Cl2SiZr-4. The van der Waals surface area contributed by atoms with Crippen LogP contribution in [0.3, 0.4) is 0 Å². The molecule has 2 fully saturated rings. The zero-order valence-electron chi connectivity index (χ0n) is 36.8. The summed E-state index contributed by atoms with van der Waals surface area (Å²) in [4.78, 5) is 0. The number of hydrogen-bond donors (Lipinski definition) is 0. The summed E-state index contributed by atoms with van der Waals surface area (Å²) in [6.45, 7) is 22.2. The molecule has 8 rings (SSSR count). The zero-order valence-corrected chi connectivity index (χ0v) is 41.9. The molecule has 0 heterocycles. The fourth-order valence-electron chi connectivity index (χ4n) is 8.73. The van der Waals surface area contributed by atoms with Gasteiger partial charge < -0.3 is 14.4 Å². The van der Waals surface area contributed by atoms with Crippen LogP contribution < -0.4 is 0 Å². The van der Waals surface area contributed by atoms with Crippen molar-refractivity contribution in [3.8, 4) is 22.3 Å². The Bertz CT molecular complexity index is 1910. The van der Waals surface area contributed by atoms with E-state index in [1.807, 2.05) is 6.92 Å². The van der Waals surface area contributed by atoms with Gasteiger partial charge in [-0.25, -0.2) is 0 Å². The summed E-state index contributed by atoms with van der Waals surface area (Å²) in [6, 6.07) is 41.5. The normalized spacial score (nSPS) is 14.1. The zero-order chi connectivity index (χ0) is 39.6. The molecule has 0 nitrogen and oxygen atoms in total. The Kier molecular flexibility index (Phi) is 21.7. The molecule has 0 atom stereocenters. The Labute approximate surface area is 383 Å². The number of halogens is 2. The molecule has 0 amide bonds. The standard InChI is InChI=1S/2C25H29.C3H7.CH3.2ClH.Si.Zr/c2*1-25(2,3)22-13-11-20(12-14-22)23-10-6-9-21-16-19(17-24(21)23)15-18-7-4-5-8-18;1-3-2;;;;;/h2*6,9-14,16-18H,4-5,7-8,15H2,1-3H3;1,3H2,2H3;1H3;2*1H;;/q4*-1;;;;. The van der Waals surface area contributed by atoms with Gasteiger partial charge in [0.05, 0.1) is 0 Å². The van der Waals surface area contributed by atoms with E-state index in [2.05, 4.69) is 165 Å². The molecule has 2 aliphatic rings. The van der Waals surface area contributed by atoms with E-state index in [1.54, 1.807) is 0 Å². The van der Waals surface area contributed by atoms with Gasteiger partial charge in [-0.1, -0.05) is 172 Å². The first-order valence-corrected chi connectivity index (χ1v) is 25.2. The van der Waals surface area contributed by atoms with Gasteiger partial charge in [-0.2, -0.15) is 18.6 Å². The second-order valence-electron chi connectivity index (χ2n) is 18.2. The summed E-state index contributed by atoms with van der Waals surface area (Å²) < 4.78 is 0. The van der Waals surface area contributed by atoms with Crippen LogP contribution in [0.2, 0.25) is 0 Å². The SMILES string of the molecule is CC(C)(C)c1ccc(-c2cccc3[cH-]c(CC4CCCC4)cc23)cc1.CC(C)(C)c1ccc(-c2cccc3[cH-]c(CC4CCCC4)cc23)cc1.Cl.Cl.[CH2-]CC.[CH3-].[Si]=[Zr]. The van der Waals surface area contributed by atoms with Crippen LogP contribution in [-0.2, 0) is 47.0 Å². The first-order chi connectivity index (χ1) is 26.4. The average Bonchev–Trinajstić information content (AvgIpc) is 4.01. The van der Waals surface area contributed by atoms with Crippen LogP contribution in [0.15, 0.2) is 109 Å². The van der Waals surface area contributed by atoms with Gasteiger partial charge in [-0.05, 0) is 57.8 Å². The third-order valence-electron chi connectivity index (χ3n) is 11.7. The summed E-state index contributed by atoms with van der Waals surface area (Å²) in [5.74, 6) is 1.82. The number of hydrogen-bond acceptors (Lipinski definition) is 0.